The number of esters is 2. The Morgan fingerprint density at radius 2 is 0.983 bits per heavy atom. The molecule has 1 N–H and O–H groups in total. The molecule has 9 nitrogen and oxygen atoms in total. The first-order valence-electron chi connectivity index (χ1n) is 22.3. The van der Waals surface area contributed by atoms with Crippen LogP contribution in [-0.4, -0.2) is 74.9 Å². The lowest BCUT2D eigenvalue weighted by Gasteiger charge is -2.24. The van der Waals surface area contributed by atoms with Crippen molar-refractivity contribution >= 4 is 19.8 Å². The number of hydrogen-bond acceptors (Lipinski definition) is 7. The topological polar surface area (TPSA) is 108 Å². The molecule has 0 aliphatic carbocycles. The lowest BCUT2D eigenvalue weighted by Crippen LogP contribution is -2.37. The fraction of sp³-hybridized carbons (Fsp3) is 0.667. The average Bonchev–Trinajstić information content (AvgIpc) is 3.17. The smallest absolute Gasteiger partial charge is 0.462 e. The number of carbonyl (C=O) groups is 2. The van der Waals surface area contributed by atoms with Crippen LogP contribution in [0.25, 0.3) is 0 Å². The molecule has 0 aromatic rings. The maximum absolute atomic E-state index is 12.7. The molecule has 0 aliphatic heterocycles. The molecule has 0 rings (SSSR count). The maximum atomic E-state index is 12.7. The van der Waals surface area contributed by atoms with Crippen LogP contribution >= 0.6 is 7.82 Å². The highest BCUT2D eigenvalue weighted by Gasteiger charge is 2.27. The van der Waals surface area contributed by atoms with Gasteiger partial charge in [-0.25, -0.2) is 4.57 Å². The van der Waals surface area contributed by atoms with Crippen LogP contribution in [0.2, 0.25) is 0 Å². The van der Waals surface area contributed by atoms with Crippen molar-refractivity contribution < 1.29 is 42.1 Å². The Balaban J connectivity index is 4.52. The SMILES string of the molecule is CC/C=C/C/C=C/C/C=C/C/C=C/C/C=C/C/C=C/CCC(=O)OC[C@H](COP(=O)(O)OCC[N+](C)(C)C)OC(=O)CC/C=C/CCCCCCCCCCCCC. The van der Waals surface area contributed by atoms with Gasteiger partial charge in [-0.1, -0.05) is 163 Å². The molecule has 0 radical (unpaired) electrons. The number of allylic oxidation sites excluding steroid dienone is 14. The summed E-state index contributed by atoms with van der Waals surface area (Å²) in [4.78, 5) is 35.3. The fourth-order valence-corrected chi connectivity index (χ4v) is 6.21. The van der Waals surface area contributed by atoms with E-state index in [-0.39, 0.29) is 26.1 Å². The zero-order chi connectivity index (χ0) is 42.8. The van der Waals surface area contributed by atoms with E-state index in [9.17, 15) is 19.0 Å². The Morgan fingerprint density at radius 3 is 1.48 bits per heavy atom. The van der Waals surface area contributed by atoms with Crippen molar-refractivity contribution in [2.45, 2.75) is 161 Å². The summed E-state index contributed by atoms with van der Waals surface area (Å²) in [5.74, 6) is -0.960. The third-order valence-corrected chi connectivity index (χ3v) is 9.92. The summed E-state index contributed by atoms with van der Waals surface area (Å²) in [7, 11) is 1.41. The highest BCUT2D eigenvalue weighted by Crippen LogP contribution is 2.43. The highest BCUT2D eigenvalue weighted by atomic mass is 31.2. The first-order chi connectivity index (χ1) is 28.0. The van der Waals surface area contributed by atoms with E-state index in [1.807, 2.05) is 39.4 Å². The quantitative estimate of drug-likeness (QED) is 0.0214. The Bertz CT molecular complexity index is 1260. The van der Waals surface area contributed by atoms with E-state index >= 15 is 0 Å². The summed E-state index contributed by atoms with van der Waals surface area (Å²) in [6.45, 7) is 4.16. The molecule has 0 fully saturated rings. The van der Waals surface area contributed by atoms with Gasteiger partial charge in [-0.05, 0) is 64.2 Å². The van der Waals surface area contributed by atoms with Crippen LogP contribution < -0.4 is 0 Å². The Kier molecular flexibility index (Phi) is 37.7. The van der Waals surface area contributed by atoms with Crippen LogP contribution in [0, 0.1) is 0 Å². The Morgan fingerprint density at radius 1 is 0.552 bits per heavy atom. The third-order valence-electron chi connectivity index (χ3n) is 8.94. The molecule has 0 heterocycles. The van der Waals surface area contributed by atoms with Crippen molar-refractivity contribution in [2.24, 2.45) is 0 Å². The molecule has 332 valence electrons. The van der Waals surface area contributed by atoms with Crippen LogP contribution in [0.5, 0.6) is 0 Å². The fourth-order valence-electron chi connectivity index (χ4n) is 5.47. The van der Waals surface area contributed by atoms with Gasteiger partial charge in [0.15, 0.2) is 6.10 Å². The third kappa shape index (κ3) is 42.8. The Labute approximate surface area is 354 Å². The van der Waals surface area contributed by atoms with Gasteiger partial charge in [0.2, 0.25) is 0 Å². The number of ether oxygens (including phenoxy) is 2. The molecule has 2 atom stereocenters. The minimum atomic E-state index is -4.40. The molecule has 10 heteroatoms. The second-order valence-electron chi connectivity index (χ2n) is 15.7. The number of likely N-dealkylation sites (N-methyl/N-ethyl adjacent to an activating group) is 1. The van der Waals surface area contributed by atoms with Crippen molar-refractivity contribution in [1.82, 2.24) is 0 Å². The summed E-state index contributed by atoms with van der Waals surface area (Å²) in [5.41, 5.74) is 0. The van der Waals surface area contributed by atoms with Crippen LogP contribution in [0.4, 0.5) is 0 Å². The number of rotatable bonds is 39. The number of unbranched alkanes of at least 4 members (excludes halogenated alkanes) is 11. The lowest BCUT2D eigenvalue weighted by atomic mass is 10.1. The molecule has 0 aromatic carbocycles. The summed E-state index contributed by atoms with van der Waals surface area (Å²) >= 11 is 0. The number of nitrogens with zero attached hydrogens (tertiary/aromatic N) is 1. The molecule has 0 bridgehead atoms. The van der Waals surface area contributed by atoms with E-state index in [0.29, 0.717) is 23.9 Å². The molecule has 58 heavy (non-hydrogen) atoms. The number of quaternary nitrogens is 1. The zero-order valence-corrected chi connectivity index (χ0v) is 38.1. The minimum absolute atomic E-state index is 0.0108. The molecular formula is C48H83NO8P+. The van der Waals surface area contributed by atoms with Gasteiger partial charge in [0.05, 0.1) is 27.7 Å². The van der Waals surface area contributed by atoms with Gasteiger partial charge in [0.1, 0.15) is 19.8 Å². The van der Waals surface area contributed by atoms with Crippen LogP contribution in [0.15, 0.2) is 85.1 Å². The molecule has 0 amide bonds. The van der Waals surface area contributed by atoms with Gasteiger partial charge in [0.25, 0.3) is 0 Å². The van der Waals surface area contributed by atoms with Gasteiger partial charge >= 0.3 is 19.8 Å². The predicted octanol–water partition coefficient (Wildman–Crippen LogP) is 12.8. The molecule has 0 aromatic heterocycles. The summed E-state index contributed by atoms with van der Waals surface area (Å²) < 4.78 is 34.2. The second-order valence-corrected chi connectivity index (χ2v) is 17.1. The van der Waals surface area contributed by atoms with Gasteiger partial charge in [-0.2, -0.15) is 0 Å². The summed E-state index contributed by atoms with van der Waals surface area (Å²) in [6.07, 6.45) is 50.9. The van der Waals surface area contributed by atoms with Crippen LogP contribution in [0.1, 0.15) is 155 Å². The molecule has 0 saturated heterocycles. The largest absolute Gasteiger partial charge is 0.472 e. The molecule has 0 aliphatic rings. The van der Waals surface area contributed by atoms with E-state index in [4.69, 9.17) is 18.5 Å². The first kappa shape index (κ1) is 55.2. The first-order valence-corrected chi connectivity index (χ1v) is 23.8. The van der Waals surface area contributed by atoms with Crippen molar-refractivity contribution in [3.05, 3.63) is 85.1 Å². The summed E-state index contributed by atoms with van der Waals surface area (Å²) in [6, 6.07) is 0. The number of phosphoric ester groups is 1. The molecule has 1 unspecified atom stereocenters. The highest BCUT2D eigenvalue weighted by molar-refractivity contribution is 7.47. The number of hydrogen-bond donors (Lipinski definition) is 1. The van der Waals surface area contributed by atoms with Crippen molar-refractivity contribution in [3.8, 4) is 0 Å². The zero-order valence-electron chi connectivity index (χ0n) is 37.2. The average molecular weight is 833 g/mol. The minimum Gasteiger partial charge on any atom is -0.462 e. The lowest BCUT2D eigenvalue weighted by molar-refractivity contribution is -0.870. The van der Waals surface area contributed by atoms with Crippen LogP contribution in [-0.2, 0) is 32.7 Å². The van der Waals surface area contributed by atoms with Crippen molar-refractivity contribution in [2.75, 3.05) is 47.5 Å². The van der Waals surface area contributed by atoms with Crippen molar-refractivity contribution in [1.29, 1.82) is 0 Å². The van der Waals surface area contributed by atoms with Crippen LogP contribution in [0.3, 0.4) is 0 Å². The van der Waals surface area contributed by atoms with Crippen molar-refractivity contribution in [3.63, 3.8) is 0 Å². The normalized spacial score (nSPS) is 14.4. The summed E-state index contributed by atoms with van der Waals surface area (Å²) in [5, 5.41) is 0. The second kappa shape index (κ2) is 39.6. The molecule has 0 saturated carbocycles. The monoisotopic (exact) mass is 833 g/mol. The van der Waals surface area contributed by atoms with Gasteiger partial charge < -0.3 is 18.9 Å². The van der Waals surface area contributed by atoms with Gasteiger partial charge in [-0.15, -0.1) is 0 Å². The standard InChI is InChI=1S/C48H82NO8P/c1-6-8-10-12-14-16-18-20-22-23-24-25-27-28-30-32-34-36-38-40-47(50)54-44-46(45-56-58(52,53)55-43-42-49(3,4)5)57-48(51)41-39-37-35-33-31-29-26-21-19-17-15-13-11-9-7-2/h8,10,14,16,20,22,24-25,28,30,34-37,46H,6-7,9,11-13,15,17-19,21,23,26-27,29,31-33,38-45H2,1-5H3/p+1/b10-8+,16-14+,22-20+,25-24+,30-28+,36-34+,37-35+/t46-/m1/s1. The van der Waals surface area contributed by atoms with E-state index in [1.165, 1.54) is 64.2 Å². The predicted molar refractivity (Wildman–Crippen MR) is 242 cm³/mol. The van der Waals surface area contributed by atoms with Gasteiger partial charge in [0, 0.05) is 12.8 Å². The maximum Gasteiger partial charge on any atom is 0.472 e. The molecule has 0 spiro atoms. The Hall–Kier alpha value is -2.81. The van der Waals surface area contributed by atoms with E-state index in [2.05, 4.69) is 80.7 Å². The molecular weight excluding hydrogens is 750 g/mol. The van der Waals surface area contributed by atoms with Gasteiger partial charge in [-0.3, -0.25) is 18.6 Å². The van der Waals surface area contributed by atoms with E-state index in [1.54, 1.807) is 0 Å². The van der Waals surface area contributed by atoms with E-state index in [0.717, 1.165) is 51.4 Å². The van der Waals surface area contributed by atoms with E-state index < -0.39 is 32.5 Å². The number of carbonyl (C=O) groups excluding carboxylic acids is 2. The number of phosphoric acid groups is 1.